The third kappa shape index (κ3) is 3.26. The number of aliphatic carboxylic acids is 1. The van der Waals surface area contributed by atoms with Crippen LogP contribution in [0.15, 0.2) is 16.9 Å². The highest BCUT2D eigenvalue weighted by Crippen LogP contribution is 2.22. The van der Waals surface area contributed by atoms with Crippen LogP contribution in [0.1, 0.15) is 35.3 Å². The number of H-pyrrole nitrogens is 1. The van der Waals surface area contributed by atoms with E-state index >= 15 is 0 Å². The van der Waals surface area contributed by atoms with Crippen LogP contribution in [0.3, 0.4) is 0 Å². The summed E-state index contributed by atoms with van der Waals surface area (Å²) in [7, 11) is 0. The number of nitrogens with zero attached hydrogens (tertiary/aromatic N) is 1. The zero-order valence-electron chi connectivity index (χ0n) is 11.4. The number of carbonyl (C=O) groups excluding carboxylic acids is 1. The maximum absolute atomic E-state index is 12.3. The number of aromatic amines is 1. The van der Waals surface area contributed by atoms with Gasteiger partial charge in [0, 0.05) is 25.2 Å². The number of nitrogens with one attached hydrogen (secondary N) is 1. The predicted octanol–water partition coefficient (Wildman–Crippen LogP) is 1.01. The highest BCUT2D eigenvalue weighted by atomic mass is 16.4. The minimum Gasteiger partial charge on any atom is -0.481 e. The summed E-state index contributed by atoms with van der Waals surface area (Å²) in [6.45, 7) is 2.86. The first-order valence-corrected chi connectivity index (χ1v) is 6.68. The van der Waals surface area contributed by atoms with E-state index in [0.29, 0.717) is 25.2 Å². The first kappa shape index (κ1) is 14.3. The molecule has 1 atom stereocenters. The maximum Gasteiger partial charge on any atom is 0.303 e. The molecule has 1 unspecified atom stereocenters. The van der Waals surface area contributed by atoms with Crippen LogP contribution in [-0.2, 0) is 4.79 Å². The number of carbonyl (C=O) groups is 2. The van der Waals surface area contributed by atoms with Gasteiger partial charge in [0.05, 0.1) is 0 Å². The van der Waals surface area contributed by atoms with Gasteiger partial charge in [0.2, 0.25) is 0 Å². The molecule has 2 rings (SSSR count). The highest BCUT2D eigenvalue weighted by molar-refractivity contribution is 5.94. The number of likely N-dealkylation sites (tertiary alicyclic amines) is 1. The molecule has 0 saturated carbocycles. The van der Waals surface area contributed by atoms with Crippen LogP contribution >= 0.6 is 0 Å². The van der Waals surface area contributed by atoms with Crippen molar-refractivity contribution in [3.05, 3.63) is 33.7 Å². The number of hydrogen-bond donors (Lipinski definition) is 2. The van der Waals surface area contributed by atoms with Crippen LogP contribution in [0, 0.1) is 12.8 Å². The molecule has 1 fully saturated rings. The Kier molecular flexibility index (Phi) is 4.22. The summed E-state index contributed by atoms with van der Waals surface area (Å²) in [5.74, 6) is -0.881. The normalized spacial score (nSPS) is 18.2. The number of pyridine rings is 1. The molecule has 6 heteroatoms. The van der Waals surface area contributed by atoms with Crippen molar-refractivity contribution in [2.75, 3.05) is 13.1 Å². The SMILES string of the molecule is Cc1ccc(C(=O)N2CCC(CCC(=O)O)C2)c(=O)[nH]1. The van der Waals surface area contributed by atoms with Crippen LogP contribution in [-0.4, -0.2) is 40.0 Å². The Balaban J connectivity index is 2.01. The van der Waals surface area contributed by atoms with Crippen LogP contribution < -0.4 is 5.56 Å². The lowest BCUT2D eigenvalue weighted by Crippen LogP contribution is -2.33. The van der Waals surface area contributed by atoms with E-state index in [-0.39, 0.29) is 29.4 Å². The maximum atomic E-state index is 12.3. The summed E-state index contributed by atoms with van der Waals surface area (Å²) in [4.78, 5) is 38.8. The predicted molar refractivity (Wildman–Crippen MR) is 72.7 cm³/mol. The fourth-order valence-electron chi connectivity index (χ4n) is 2.49. The monoisotopic (exact) mass is 278 g/mol. The van der Waals surface area contributed by atoms with Crippen LogP contribution in [0.25, 0.3) is 0 Å². The molecular weight excluding hydrogens is 260 g/mol. The molecule has 0 aromatic carbocycles. The summed E-state index contributed by atoms with van der Waals surface area (Å²) in [5, 5.41) is 8.66. The molecular formula is C14H18N2O4. The van der Waals surface area contributed by atoms with E-state index < -0.39 is 5.97 Å². The zero-order valence-corrected chi connectivity index (χ0v) is 11.4. The Bertz CT molecular complexity index is 579. The van der Waals surface area contributed by atoms with Gasteiger partial charge >= 0.3 is 5.97 Å². The van der Waals surface area contributed by atoms with Crippen molar-refractivity contribution in [2.45, 2.75) is 26.2 Å². The zero-order chi connectivity index (χ0) is 14.7. The third-order valence-electron chi connectivity index (χ3n) is 3.63. The minimum atomic E-state index is -0.815. The van der Waals surface area contributed by atoms with Crippen LogP contribution in [0.2, 0.25) is 0 Å². The standard InChI is InChI=1S/C14H18N2O4/c1-9-2-4-11(13(19)15-9)14(20)16-7-6-10(8-16)3-5-12(17)18/h2,4,10H,3,5-8H2,1H3,(H,15,19)(H,17,18). The average molecular weight is 278 g/mol. The van der Waals surface area contributed by atoms with Crippen LogP contribution in [0.4, 0.5) is 0 Å². The van der Waals surface area contributed by atoms with Gasteiger partial charge in [0.25, 0.3) is 11.5 Å². The van der Waals surface area contributed by atoms with E-state index in [2.05, 4.69) is 4.98 Å². The van der Waals surface area contributed by atoms with Crippen molar-refractivity contribution in [3.63, 3.8) is 0 Å². The summed E-state index contributed by atoms with van der Waals surface area (Å²) in [6.07, 6.45) is 1.49. The van der Waals surface area contributed by atoms with Crippen LogP contribution in [0.5, 0.6) is 0 Å². The fourth-order valence-corrected chi connectivity index (χ4v) is 2.49. The lowest BCUT2D eigenvalue weighted by molar-refractivity contribution is -0.137. The molecule has 0 spiro atoms. The molecule has 2 heterocycles. The van der Waals surface area contributed by atoms with E-state index in [1.54, 1.807) is 24.0 Å². The molecule has 20 heavy (non-hydrogen) atoms. The van der Waals surface area contributed by atoms with Crippen molar-refractivity contribution in [3.8, 4) is 0 Å². The molecule has 1 aromatic heterocycles. The van der Waals surface area contributed by atoms with Gasteiger partial charge in [-0.25, -0.2) is 0 Å². The Morgan fingerprint density at radius 1 is 1.45 bits per heavy atom. The fraction of sp³-hybridized carbons (Fsp3) is 0.500. The van der Waals surface area contributed by atoms with Crippen molar-refractivity contribution in [1.82, 2.24) is 9.88 Å². The first-order chi connectivity index (χ1) is 9.47. The van der Waals surface area contributed by atoms with Gasteiger partial charge in [0.15, 0.2) is 0 Å². The van der Waals surface area contributed by atoms with E-state index in [1.165, 1.54) is 0 Å². The molecule has 1 amide bonds. The number of aryl methyl sites for hydroxylation is 1. The lowest BCUT2D eigenvalue weighted by Gasteiger charge is -2.16. The number of hydrogen-bond acceptors (Lipinski definition) is 3. The second-order valence-corrected chi connectivity index (χ2v) is 5.22. The van der Waals surface area contributed by atoms with E-state index in [9.17, 15) is 14.4 Å². The van der Waals surface area contributed by atoms with E-state index in [4.69, 9.17) is 5.11 Å². The molecule has 108 valence electrons. The largest absolute Gasteiger partial charge is 0.481 e. The van der Waals surface area contributed by atoms with Crippen molar-refractivity contribution < 1.29 is 14.7 Å². The molecule has 1 aliphatic rings. The average Bonchev–Trinajstić information content (AvgIpc) is 2.84. The van der Waals surface area contributed by atoms with Crippen molar-refractivity contribution in [1.29, 1.82) is 0 Å². The Labute approximate surface area is 116 Å². The molecule has 0 radical (unpaired) electrons. The van der Waals surface area contributed by atoms with Gasteiger partial charge in [-0.1, -0.05) is 0 Å². The van der Waals surface area contributed by atoms with Gasteiger partial charge in [0.1, 0.15) is 5.56 Å². The van der Waals surface area contributed by atoms with Gasteiger partial charge in [-0.3, -0.25) is 14.4 Å². The summed E-state index contributed by atoms with van der Waals surface area (Å²) in [6, 6.07) is 3.24. The molecule has 1 saturated heterocycles. The first-order valence-electron chi connectivity index (χ1n) is 6.68. The third-order valence-corrected chi connectivity index (χ3v) is 3.63. The minimum absolute atomic E-state index is 0.123. The summed E-state index contributed by atoms with van der Waals surface area (Å²) < 4.78 is 0. The molecule has 1 aliphatic heterocycles. The molecule has 6 nitrogen and oxygen atoms in total. The van der Waals surface area contributed by atoms with Crippen molar-refractivity contribution >= 4 is 11.9 Å². The van der Waals surface area contributed by atoms with E-state index in [1.807, 2.05) is 0 Å². The molecule has 2 N–H and O–H groups in total. The quantitative estimate of drug-likeness (QED) is 0.860. The lowest BCUT2D eigenvalue weighted by atomic mass is 10.0. The number of aromatic nitrogens is 1. The van der Waals surface area contributed by atoms with Crippen molar-refractivity contribution in [2.24, 2.45) is 5.92 Å². The topological polar surface area (TPSA) is 90.5 Å². The Morgan fingerprint density at radius 2 is 2.20 bits per heavy atom. The number of carboxylic acids is 1. The molecule has 0 aliphatic carbocycles. The van der Waals surface area contributed by atoms with Gasteiger partial charge in [-0.15, -0.1) is 0 Å². The number of amides is 1. The van der Waals surface area contributed by atoms with Gasteiger partial charge in [-0.05, 0) is 37.8 Å². The summed E-state index contributed by atoms with van der Waals surface area (Å²) >= 11 is 0. The second-order valence-electron chi connectivity index (χ2n) is 5.22. The highest BCUT2D eigenvalue weighted by Gasteiger charge is 2.28. The summed E-state index contributed by atoms with van der Waals surface area (Å²) in [5.41, 5.74) is 0.491. The number of carboxylic acid groups (broad SMARTS) is 1. The second kappa shape index (κ2) is 5.90. The number of rotatable bonds is 4. The smallest absolute Gasteiger partial charge is 0.303 e. The molecule has 0 bridgehead atoms. The molecule has 1 aromatic rings. The Morgan fingerprint density at radius 3 is 2.85 bits per heavy atom. The van der Waals surface area contributed by atoms with E-state index in [0.717, 1.165) is 6.42 Å². The Hall–Kier alpha value is -2.11. The van der Waals surface area contributed by atoms with Gasteiger partial charge < -0.3 is 15.0 Å². The van der Waals surface area contributed by atoms with Gasteiger partial charge in [-0.2, -0.15) is 0 Å².